The van der Waals surface area contributed by atoms with Crippen molar-refractivity contribution in [2.24, 2.45) is 5.92 Å². The van der Waals surface area contributed by atoms with Gasteiger partial charge in [-0.1, -0.05) is 12.8 Å². The molecule has 0 aliphatic heterocycles. The average Bonchev–Trinajstić information content (AvgIpc) is 2.94. The molecule has 1 aromatic heterocycles. The van der Waals surface area contributed by atoms with E-state index in [9.17, 15) is 0 Å². The predicted octanol–water partition coefficient (Wildman–Crippen LogP) is 2.42. The van der Waals surface area contributed by atoms with E-state index in [-0.39, 0.29) is 0 Å². The summed E-state index contributed by atoms with van der Waals surface area (Å²) < 4.78 is 0.722. The maximum atomic E-state index is 5.60. The molecule has 0 bridgehead atoms. The van der Waals surface area contributed by atoms with Crippen LogP contribution in [0.2, 0.25) is 0 Å². The molecule has 1 aromatic rings. The van der Waals surface area contributed by atoms with Crippen molar-refractivity contribution in [2.75, 3.05) is 17.6 Å². The van der Waals surface area contributed by atoms with Gasteiger partial charge in [-0.15, -0.1) is 0 Å². The molecule has 0 aromatic carbocycles. The predicted molar refractivity (Wildman–Crippen MR) is 64.6 cm³/mol. The maximum absolute atomic E-state index is 5.60. The summed E-state index contributed by atoms with van der Waals surface area (Å²) >= 11 is 3.28. The Morgan fingerprint density at radius 3 is 2.93 bits per heavy atom. The summed E-state index contributed by atoms with van der Waals surface area (Å²) in [4.78, 5) is 8.27. The van der Waals surface area contributed by atoms with Gasteiger partial charge in [0, 0.05) is 12.6 Å². The van der Waals surface area contributed by atoms with E-state index in [2.05, 4.69) is 31.2 Å². The van der Waals surface area contributed by atoms with Crippen molar-refractivity contribution in [1.29, 1.82) is 0 Å². The smallest absolute Gasteiger partial charge is 0.225 e. The fraction of sp³-hybridized carbons (Fsp3) is 0.600. The van der Waals surface area contributed by atoms with Gasteiger partial charge in [0.05, 0.1) is 0 Å². The van der Waals surface area contributed by atoms with Crippen molar-refractivity contribution in [3.63, 3.8) is 0 Å². The fourth-order valence-corrected chi connectivity index (χ4v) is 1.91. The van der Waals surface area contributed by atoms with Crippen molar-refractivity contribution in [1.82, 2.24) is 9.97 Å². The van der Waals surface area contributed by atoms with E-state index in [1.807, 2.05) is 0 Å². The maximum Gasteiger partial charge on any atom is 0.225 e. The summed E-state index contributed by atoms with van der Waals surface area (Å²) in [5, 5.41) is 3.18. The minimum Gasteiger partial charge on any atom is -0.383 e. The van der Waals surface area contributed by atoms with Crippen LogP contribution in [0.15, 0.2) is 10.7 Å². The van der Waals surface area contributed by atoms with Gasteiger partial charge < -0.3 is 11.1 Å². The zero-order valence-corrected chi connectivity index (χ0v) is 10.1. The molecule has 15 heavy (non-hydrogen) atoms. The van der Waals surface area contributed by atoms with Crippen LogP contribution in [0.3, 0.4) is 0 Å². The van der Waals surface area contributed by atoms with Crippen molar-refractivity contribution < 1.29 is 0 Å². The molecule has 82 valence electrons. The molecular formula is C10H15BrN4. The summed E-state index contributed by atoms with van der Waals surface area (Å²) in [6.45, 7) is 0.923. The zero-order valence-electron chi connectivity index (χ0n) is 8.54. The lowest BCUT2D eigenvalue weighted by Gasteiger charge is -2.05. The average molecular weight is 271 g/mol. The lowest BCUT2D eigenvalue weighted by atomic mass is 10.2. The summed E-state index contributed by atoms with van der Waals surface area (Å²) in [6.07, 6.45) is 5.33. The van der Waals surface area contributed by atoms with Crippen molar-refractivity contribution in [3.8, 4) is 0 Å². The summed E-state index contributed by atoms with van der Waals surface area (Å²) in [5.74, 6) is 2.08. The second-order valence-electron chi connectivity index (χ2n) is 3.95. The van der Waals surface area contributed by atoms with Gasteiger partial charge in [0.25, 0.3) is 0 Å². The minimum atomic E-state index is 0.488. The van der Waals surface area contributed by atoms with Gasteiger partial charge >= 0.3 is 0 Å². The SMILES string of the molecule is Nc1cc(Br)nc(NCCCC2CC2)n1. The van der Waals surface area contributed by atoms with E-state index < -0.39 is 0 Å². The molecule has 1 aliphatic carbocycles. The minimum absolute atomic E-state index is 0.488. The number of nitrogens with one attached hydrogen (secondary N) is 1. The molecule has 2 rings (SSSR count). The summed E-state index contributed by atoms with van der Waals surface area (Å²) in [6, 6.07) is 1.69. The molecule has 1 aliphatic rings. The Bertz CT molecular complexity index is 318. The van der Waals surface area contributed by atoms with E-state index in [0.717, 1.165) is 17.1 Å². The van der Waals surface area contributed by atoms with Gasteiger partial charge in [-0.05, 0) is 34.7 Å². The van der Waals surface area contributed by atoms with E-state index in [1.54, 1.807) is 6.07 Å². The third-order valence-electron chi connectivity index (χ3n) is 2.48. The monoisotopic (exact) mass is 270 g/mol. The quantitative estimate of drug-likeness (QED) is 0.637. The lowest BCUT2D eigenvalue weighted by Crippen LogP contribution is -2.07. The molecule has 0 radical (unpaired) electrons. The molecule has 3 N–H and O–H groups in total. The molecule has 0 amide bonds. The fourth-order valence-electron chi connectivity index (χ4n) is 1.51. The number of rotatable bonds is 5. The molecule has 0 atom stereocenters. The van der Waals surface area contributed by atoms with Crippen LogP contribution in [0.1, 0.15) is 25.7 Å². The Balaban J connectivity index is 1.76. The van der Waals surface area contributed by atoms with Gasteiger partial charge in [-0.3, -0.25) is 0 Å². The number of aromatic nitrogens is 2. The Hall–Kier alpha value is -0.840. The first-order chi connectivity index (χ1) is 7.24. The van der Waals surface area contributed by atoms with Gasteiger partial charge in [0.1, 0.15) is 10.4 Å². The third-order valence-corrected chi connectivity index (χ3v) is 2.89. The molecule has 1 heterocycles. The van der Waals surface area contributed by atoms with Crippen LogP contribution < -0.4 is 11.1 Å². The molecule has 0 saturated heterocycles. The normalized spacial score (nSPS) is 15.3. The van der Waals surface area contributed by atoms with Crippen molar-refractivity contribution in [3.05, 3.63) is 10.7 Å². The Labute approximate surface area is 97.8 Å². The van der Waals surface area contributed by atoms with Crippen LogP contribution in [0.4, 0.5) is 11.8 Å². The van der Waals surface area contributed by atoms with Crippen LogP contribution in [0.5, 0.6) is 0 Å². The van der Waals surface area contributed by atoms with E-state index >= 15 is 0 Å². The van der Waals surface area contributed by atoms with Crippen molar-refractivity contribution in [2.45, 2.75) is 25.7 Å². The number of nitrogen functional groups attached to an aromatic ring is 1. The molecule has 1 fully saturated rings. The Morgan fingerprint density at radius 1 is 1.47 bits per heavy atom. The lowest BCUT2D eigenvalue weighted by molar-refractivity contribution is 0.685. The van der Waals surface area contributed by atoms with E-state index in [4.69, 9.17) is 5.73 Å². The van der Waals surface area contributed by atoms with Gasteiger partial charge in [0.2, 0.25) is 5.95 Å². The van der Waals surface area contributed by atoms with E-state index in [1.165, 1.54) is 25.7 Å². The van der Waals surface area contributed by atoms with E-state index in [0.29, 0.717) is 11.8 Å². The van der Waals surface area contributed by atoms with Gasteiger partial charge in [-0.25, -0.2) is 4.98 Å². The highest BCUT2D eigenvalue weighted by molar-refractivity contribution is 9.10. The highest BCUT2D eigenvalue weighted by atomic mass is 79.9. The third kappa shape index (κ3) is 3.66. The number of halogens is 1. The standard InChI is InChI=1S/C10H15BrN4/c11-8-6-9(12)15-10(14-8)13-5-1-2-7-3-4-7/h6-7H,1-5H2,(H3,12,13,14,15). The Morgan fingerprint density at radius 2 is 2.27 bits per heavy atom. The van der Waals surface area contributed by atoms with Crippen LogP contribution in [0, 0.1) is 5.92 Å². The second kappa shape index (κ2) is 4.79. The number of hydrogen-bond acceptors (Lipinski definition) is 4. The van der Waals surface area contributed by atoms with Crippen molar-refractivity contribution >= 4 is 27.7 Å². The number of nitrogens with zero attached hydrogens (tertiary/aromatic N) is 2. The van der Waals surface area contributed by atoms with Gasteiger partial charge in [-0.2, -0.15) is 4.98 Å². The first-order valence-electron chi connectivity index (χ1n) is 5.28. The molecule has 1 saturated carbocycles. The summed E-state index contributed by atoms with van der Waals surface area (Å²) in [5.41, 5.74) is 5.60. The number of nitrogens with two attached hydrogens (primary N) is 1. The van der Waals surface area contributed by atoms with Crippen LogP contribution in [-0.2, 0) is 0 Å². The molecule has 0 spiro atoms. The zero-order chi connectivity index (χ0) is 10.7. The molecular weight excluding hydrogens is 256 g/mol. The first-order valence-corrected chi connectivity index (χ1v) is 6.07. The highest BCUT2D eigenvalue weighted by Gasteiger charge is 2.19. The first kappa shape index (κ1) is 10.7. The largest absolute Gasteiger partial charge is 0.383 e. The molecule has 5 heteroatoms. The van der Waals surface area contributed by atoms with Crippen LogP contribution >= 0.6 is 15.9 Å². The number of anilines is 2. The topological polar surface area (TPSA) is 63.8 Å². The molecule has 4 nitrogen and oxygen atoms in total. The van der Waals surface area contributed by atoms with Gasteiger partial charge in [0.15, 0.2) is 0 Å². The van der Waals surface area contributed by atoms with Crippen LogP contribution in [-0.4, -0.2) is 16.5 Å². The van der Waals surface area contributed by atoms with Crippen LogP contribution in [0.25, 0.3) is 0 Å². The highest BCUT2D eigenvalue weighted by Crippen LogP contribution is 2.33. The summed E-state index contributed by atoms with van der Waals surface area (Å²) in [7, 11) is 0. The Kier molecular flexibility index (Phi) is 3.41. The number of hydrogen-bond donors (Lipinski definition) is 2. The molecule has 0 unspecified atom stereocenters. The second-order valence-corrected chi connectivity index (χ2v) is 4.76.